The molecular weight excluding hydrogens is 378 g/mol. The van der Waals surface area contributed by atoms with Crippen molar-refractivity contribution in [2.75, 3.05) is 31.1 Å². The summed E-state index contributed by atoms with van der Waals surface area (Å²) in [6.07, 6.45) is 3.70. The van der Waals surface area contributed by atoms with Gasteiger partial charge in [-0.05, 0) is 19.0 Å². The number of halogens is 3. The second-order valence-electron chi connectivity index (χ2n) is 6.30. The average Bonchev–Trinajstić information content (AvgIpc) is 2.81. The van der Waals surface area contributed by atoms with Gasteiger partial charge in [0, 0.05) is 37.2 Å². The van der Waals surface area contributed by atoms with Crippen molar-refractivity contribution >= 4 is 30.6 Å². The highest BCUT2D eigenvalue weighted by molar-refractivity contribution is 5.85. The molecule has 0 bridgehead atoms. The molecule has 142 valence electrons. The molecule has 8 heteroatoms. The van der Waals surface area contributed by atoms with Crippen LogP contribution in [0.15, 0.2) is 30.6 Å². The standard InChI is InChI=1S/C18H21FN4O.2ClH/c19-16-4-2-1-3-13(16)11-24-14-9-23(10-14)18-15-5-7-20-8-6-17(15)21-12-22-18;;/h1-4,12,14,20H,5-11H2;2*1H. The van der Waals surface area contributed by atoms with Gasteiger partial charge < -0.3 is 15.0 Å². The van der Waals surface area contributed by atoms with Gasteiger partial charge in [-0.25, -0.2) is 14.4 Å². The van der Waals surface area contributed by atoms with E-state index in [1.165, 1.54) is 11.6 Å². The number of anilines is 1. The van der Waals surface area contributed by atoms with Crippen LogP contribution in [-0.4, -0.2) is 42.3 Å². The van der Waals surface area contributed by atoms with Gasteiger partial charge in [0.2, 0.25) is 0 Å². The molecule has 0 spiro atoms. The van der Waals surface area contributed by atoms with E-state index in [0.717, 1.165) is 50.5 Å². The molecule has 0 saturated carbocycles. The number of fused-ring (bicyclic) bond motifs is 1. The van der Waals surface area contributed by atoms with Gasteiger partial charge in [0.1, 0.15) is 18.0 Å². The Labute approximate surface area is 165 Å². The Morgan fingerprint density at radius 1 is 1.12 bits per heavy atom. The Morgan fingerprint density at radius 3 is 2.69 bits per heavy atom. The molecular formula is C18H23Cl2FN4O. The minimum Gasteiger partial charge on any atom is -0.370 e. The first-order valence-electron chi connectivity index (χ1n) is 8.44. The zero-order valence-electron chi connectivity index (χ0n) is 14.4. The topological polar surface area (TPSA) is 50.3 Å². The van der Waals surface area contributed by atoms with E-state index < -0.39 is 0 Å². The van der Waals surface area contributed by atoms with Crippen LogP contribution >= 0.6 is 24.8 Å². The van der Waals surface area contributed by atoms with Crippen molar-refractivity contribution in [2.45, 2.75) is 25.6 Å². The molecule has 0 radical (unpaired) electrons. The SMILES string of the molecule is Cl.Cl.Fc1ccccc1COC1CN(c2ncnc3c2CCNCC3)C1. The molecule has 4 rings (SSSR count). The fourth-order valence-electron chi connectivity index (χ4n) is 3.27. The van der Waals surface area contributed by atoms with E-state index in [1.54, 1.807) is 18.5 Å². The van der Waals surface area contributed by atoms with Crippen LogP contribution in [0, 0.1) is 5.82 Å². The minimum absolute atomic E-state index is 0. The zero-order chi connectivity index (χ0) is 16.4. The Kier molecular flexibility index (Phi) is 7.58. The number of ether oxygens (including phenoxy) is 1. The fraction of sp³-hybridized carbons (Fsp3) is 0.444. The smallest absolute Gasteiger partial charge is 0.135 e. The van der Waals surface area contributed by atoms with Crippen molar-refractivity contribution in [1.29, 1.82) is 0 Å². The Bertz CT molecular complexity index is 728. The highest BCUT2D eigenvalue weighted by Crippen LogP contribution is 2.27. The predicted molar refractivity (Wildman–Crippen MR) is 104 cm³/mol. The van der Waals surface area contributed by atoms with E-state index in [-0.39, 0.29) is 36.7 Å². The third kappa shape index (κ3) is 4.43. The summed E-state index contributed by atoms with van der Waals surface area (Å²) in [5, 5.41) is 3.40. The summed E-state index contributed by atoms with van der Waals surface area (Å²) < 4.78 is 19.4. The molecule has 1 saturated heterocycles. The van der Waals surface area contributed by atoms with E-state index in [1.807, 2.05) is 6.07 Å². The van der Waals surface area contributed by atoms with Crippen molar-refractivity contribution in [2.24, 2.45) is 0 Å². The monoisotopic (exact) mass is 400 g/mol. The number of nitrogens with one attached hydrogen (secondary N) is 1. The molecule has 3 heterocycles. The average molecular weight is 401 g/mol. The van der Waals surface area contributed by atoms with Gasteiger partial charge >= 0.3 is 0 Å². The van der Waals surface area contributed by atoms with Gasteiger partial charge in [0.25, 0.3) is 0 Å². The van der Waals surface area contributed by atoms with Crippen LogP contribution in [0.25, 0.3) is 0 Å². The molecule has 1 aromatic heterocycles. The minimum atomic E-state index is -0.206. The largest absolute Gasteiger partial charge is 0.370 e. The lowest BCUT2D eigenvalue weighted by molar-refractivity contribution is 0.0207. The maximum Gasteiger partial charge on any atom is 0.135 e. The highest BCUT2D eigenvalue weighted by Gasteiger charge is 2.31. The second-order valence-corrected chi connectivity index (χ2v) is 6.30. The summed E-state index contributed by atoms with van der Waals surface area (Å²) in [5.74, 6) is 0.830. The van der Waals surface area contributed by atoms with Gasteiger partial charge in [-0.2, -0.15) is 0 Å². The van der Waals surface area contributed by atoms with Crippen LogP contribution < -0.4 is 10.2 Å². The molecule has 2 aliphatic rings. The molecule has 1 aromatic carbocycles. The Hall–Kier alpha value is -1.47. The molecule has 1 N–H and O–H groups in total. The van der Waals surface area contributed by atoms with Gasteiger partial charge in [0.05, 0.1) is 18.4 Å². The maximum absolute atomic E-state index is 13.6. The van der Waals surface area contributed by atoms with E-state index in [9.17, 15) is 4.39 Å². The molecule has 2 aliphatic heterocycles. The summed E-state index contributed by atoms with van der Waals surface area (Å²) >= 11 is 0. The number of hydrogen-bond donors (Lipinski definition) is 1. The summed E-state index contributed by atoms with van der Waals surface area (Å²) in [4.78, 5) is 11.2. The first kappa shape index (κ1) is 20.8. The van der Waals surface area contributed by atoms with E-state index in [2.05, 4.69) is 20.2 Å². The lowest BCUT2D eigenvalue weighted by Gasteiger charge is -2.40. The van der Waals surface area contributed by atoms with E-state index in [0.29, 0.717) is 12.2 Å². The number of nitrogens with zero attached hydrogens (tertiary/aromatic N) is 3. The normalized spacial score (nSPS) is 16.6. The van der Waals surface area contributed by atoms with Gasteiger partial charge in [-0.15, -0.1) is 24.8 Å². The van der Waals surface area contributed by atoms with Crippen LogP contribution in [0.4, 0.5) is 10.2 Å². The van der Waals surface area contributed by atoms with Gasteiger partial charge in [-0.1, -0.05) is 18.2 Å². The maximum atomic E-state index is 13.6. The third-order valence-corrected chi connectivity index (χ3v) is 4.68. The van der Waals surface area contributed by atoms with E-state index in [4.69, 9.17) is 4.74 Å². The fourth-order valence-corrected chi connectivity index (χ4v) is 3.27. The Morgan fingerprint density at radius 2 is 1.88 bits per heavy atom. The number of rotatable bonds is 4. The van der Waals surface area contributed by atoms with Crippen LogP contribution in [0.2, 0.25) is 0 Å². The number of hydrogen-bond acceptors (Lipinski definition) is 5. The summed E-state index contributed by atoms with van der Waals surface area (Å²) in [7, 11) is 0. The lowest BCUT2D eigenvalue weighted by Crippen LogP contribution is -2.53. The molecule has 0 aliphatic carbocycles. The van der Waals surface area contributed by atoms with Crippen molar-refractivity contribution in [3.63, 3.8) is 0 Å². The summed E-state index contributed by atoms with van der Waals surface area (Å²) in [6, 6.07) is 6.76. The second kappa shape index (κ2) is 9.46. The molecule has 5 nitrogen and oxygen atoms in total. The predicted octanol–water partition coefficient (Wildman–Crippen LogP) is 2.55. The molecule has 2 aromatic rings. The van der Waals surface area contributed by atoms with Gasteiger partial charge in [0.15, 0.2) is 0 Å². The molecule has 0 atom stereocenters. The van der Waals surface area contributed by atoms with Crippen LogP contribution in [-0.2, 0) is 24.2 Å². The molecule has 0 amide bonds. The van der Waals surface area contributed by atoms with Crippen LogP contribution in [0.1, 0.15) is 16.8 Å². The van der Waals surface area contributed by atoms with Gasteiger partial charge in [-0.3, -0.25) is 0 Å². The summed E-state index contributed by atoms with van der Waals surface area (Å²) in [5.41, 5.74) is 3.02. The molecule has 0 unspecified atom stereocenters. The third-order valence-electron chi connectivity index (χ3n) is 4.68. The van der Waals surface area contributed by atoms with Crippen molar-refractivity contribution in [1.82, 2.24) is 15.3 Å². The molecule has 26 heavy (non-hydrogen) atoms. The Balaban J connectivity index is 0.00000121. The number of aromatic nitrogens is 2. The van der Waals surface area contributed by atoms with Crippen molar-refractivity contribution in [3.05, 3.63) is 53.2 Å². The van der Waals surface area contributed by atoms with Crippen molar-refractivity contribution in [3.8, 4) is 0 Å². The van der Waals surface area contributed by atoms with Crippen LogP contribution in [0.5, 0.6) is 0 Å². The van der Waals surface area contributed by atoms with E-state index >= 15 is 0 Å². The summed E-state index contributed by atoms with van der Waals surface area (Å²) in [6.45, 7) is 3.85. The quantitative estimate of drug-likeness (QED) is 0.854. The number of benzene rings is 1. The highest BCUT2D eigenvalue weighted by atomic mass is 35.5. The lowest BCUT2D eigenvalue weighted by atomic mass is 10.1. The first-order valence-corrected chi connectivity index (χ1v) is 8.44. The zero-order valence-corrected chi connectivity index (χ0v) is 16.0. The molecule has 1 fully saturated rings. The van der Waals surface area contributed by atoms with Crippen LogP contribution in [0.3, 0.4) is 0 Å². The van der Waals surface area contributed by atoms with Crippen molar-refractivity contribution < 1.29 is 9.13 Å². The first-order chi connectivity index (χ1) is 11.8.